The molecule has 1 N–H and O–H groups in total. The highest BCUT2D eigenvalue weighted by Crippen LogP contribution is 2.29. The number of carbonyl (C=O) groups is 1. The summed E-state index contributed by atoms with van der Waals surface area (Å²) in [7, 11) is 0. The Hall–Kier alpha value is -2.22. The predicted molar refractivity (Wildman–Crippen MR) is 83.8 cm³/mol. The number of aryl methyl sites for hydroxylation is 1. The van der Waals surface area contributed by atoms with Crippen LogP contribution in [0, 0.1) is 0 Å². The number of rotatable bonds is 5. The standard InChI is InChI=1S/C15H22N6O2/c1-4-13-17-15(23-19-13)10(2)20-7-5-12(9-20)21-8-6-14(18-21)16-11(3)22/h6,8,10,12H,4-5,7,9H2,1-3H3,(H,16,18,22)/t10-,12-/m1/s1. The van der Waals surface area contributed by atoms with Gasteiger partial charge in [-0.3, -0.25) is 14.4 Å². The lowest BCUT2D eigenvalue weighted by Gasteiger charge is -2.20. The van der Waals surface area contributed by atoms with Gasteiger partial charge in [0.15, 0.2) is 11.6 Å². The van der Waals surface area contributed by atoms with Crippen LogP contribution in [0.2, 0.25) is 0 Å². The van der Waals surface area contributed by atoms with Crippen molar-refractivity contribution >= 4 is 11.7 Å². The van der Waals surface area contributed by atoms with E-state index in [9.17, 15) is 4.79 Å². The minimum atomic E-state index is -0.111. The van der Waals surface area contributed by atoms with E-state index in [0.717, 1.165) is 31.8 Å². The Labute approximate surface area is 134 Å². The molecule has 0 saturated carbocycles. The minimum absolute atomic E-state index is 0.0955. The summed E-state index contributed by atoms with van der Waals surface area (Å²) in [6, 6.07) is 2.20. The van der Waals surface area contributed by atoms with Crippen molar-refractivity contribution in [2.75, 3.05) is 18.4 Å². The summed E-state index contributed by atoms with van der Waals surface area (Å²) in [5, 5.41) is 11.1. The van der Waals surface area contributed by atoms with Gasteiger partial charge in [-0.15, -0.1) is 0 Å². The van der Waals surface area contributed by atoms with E-state index in [2.05, 4.69) is 32.4 Å². The first-order valence-electron chi connectivity index (χ1n) is 7.96. The van der Waals surface area contributed by atoms with Gasteiger partial charge in [0, 0.05) is 38.7 Å². The van der Waals surface area contributed by atoms with E-state index in [1.807, 2.05) is 23.9 Å². The van der Waals surface area contributed by atoms with Crippen molar-refractivity contribution in [1.29, 1.82) is 0 Å². The minimum Gasteiger partial charge on any atom is -0.338 e. The van der Waals surface area contributed by atoms with E-state index < -0.39 is 0 Å². The van der Waals surface area contributed by atoms with E-state index in [1.54, 1.807) is 0 Å². The Balaban J connectivity index is 1.63. The third kappa shape index (κ3) is 3.42. The maximum Gasteiger partial charge on any atom is 0.243 e. The number of carbonyl (C=O) groups excluding carboxylic acids is 1. The summed E-state index contributed by atoms with van der Waals surface area (Å²) >= 11 is 0. The fraction of sp³-hybridized carbons (Fsp3) is 0.600. The molecule has 3 heterocycles. The largest absolute Gasteiger partial charge is 0.338 e. The third-order valence-electron chi connectivity index (χ3n) is 4.19. The Morgan fingerprint density at radius 1 is 1.57 bits per heavy atom. The molecule has 1 aliphatic heterocycles. The first kappa shape index (κ1) is 15.7. The van der Waals surface area contributed by atoms with Crippen LogP contribution in [0.4, 0.5) is 5.82 Å². The van der Waals surface area contributed by atoms with E-state index in [-0.39, 0.29) is 18.0 Å². The number of aromatic nitrogens is 4. The van der Waals surface area contributed by atoms with Gasteiger partial charge in [0.05, 0.1) is 12.1 Å². The molecule has 0 aliphatic carbocycles. The zero-order valence-electron chi connectivity index (χ0n) is 13.7. The Morgan fingerprint density at radius 2 is 2.39 bits per heavy atom. The van der Waals surface area contributed by atoms with Gasteiger partial charge in [-0.05, 0) is 13.3 Å². The van der Waals surface area contributed by atoms with Crippen molar-refractivity contribution in [3.8, 4) is 0 Å². The van der Waals surface area contributed by atoms with Crippen LogP contribution in [0.15, 0.2) is 16.8 Å². The second-order valence-electron chi connectivity index (χ2n) is 5.88. The average molecular weight is 318 g/mol. The Bertz CT molecular complexity index is 679. The second-order valence-corrected chi connectivity index (χ2v) is 5.88. The van der Waals surface area contributed by atoms with Crippen molar-refractivity contribution in [2.24, 2.45) is 0 Å². The molecular formula is C15H22N6O2. The molecule has 0 unspecified atom stereocenters. The number of nitrogens with one attached hydrogen (secondary N) is 1. The van der Waals surface area contributed by atoms with Crippen LogP contribution >= 0.6 is 0 Å². The third-order valence-corrected chi connectivity index (χ3v) is 4.19. The maximum absolute atomic E-state index is 11.1. The average Bonchev–Trinajstić information content (AvgIpc) is 3.25. The molecule has 1 fully saturated rings. The highest BCUT2D eigenvalue weighted by atomic mass is 16.5. The molecule has 2 aromatic heterocycles. The molecule has 0 spiro atoms. The molecule has 0 bridgehead atoms. The molecule has 1 aliphatic rings. The predicted octanol–water partition coefficient (Wildman–Crippen LogP) is 1.79. The molecule has 0 aromatic carbocycles. The topological polar surface area (TPSA) is 89.1 Å². The SMILES string of the molecule is CCc1noc([C@@H](C)N2CC[C@@H](n3ccc(NC(C)=O)n3)C2)n1. The normalized spacial score (nSPS) is 19.9. The van der Waals surface area contributed by atoms with Gasteiger partial charge in [-0.2, -0.15) is 10.1 Å². The lowest BCUT2D eigenvalue weighted by Crippen LogP contribution is -2.25. The molecule has 1 amide bonds. The highest BCUT2D eigenvalue weighted by Gasteiger charge is 2.30. The summed E-state index contributed by atoms with van der Waals surface area (Å²) in [5.74, 6) is 1.89. The second kappa shape index (κ2) is 6.49. The van der Waals surface area contributed by atoms with Crippen molar-refractivity contribution in [2.45, 2.75) is 45.7 Å². The fourth-order valence-electron chi connectivity index (χ4n) is 2.86. The van der Waals surface area contributed by atoms with Gasteiger partial charge in [0.25, 0.3) is 0 Å². The molecule has 0 radical (unpaired) electrons. The number of hydrogen-bond donors (Lipinski definition) is 1. The Morgan fingerprint density at radius 3 is 3.09 bits per heavy atom. The van der Waals surface area contributed by atoms with Crippen LogP contribution < -0.4 is 5.32 Å². The van der Waals surface area contributed by atoms with Crippen LogP contribution in [0.1, 0.15) is 51.0 Å². The van der Waals surface area contributed by atoms with Crippen molar-refractivity contribution < 1.29 is 9.32 Å². The number of hydrogen-bond acceptors (Lipinski definition) is 6. The van der Waals surface area contributed by atoms with E-state index in [1.165, 1.54) is 6.92 Å². The van der Waals surface area contributed by atoms with Crippen molar-refractivity contribution in [3.05, 3.63) is 24.0 Å². The van der Waals surface area contributed by atoms with Gasteiger partial charge < -0.3 is 9.84 Å². The van der Waals surface area contributed by atoms with Gasteiger partial charge in [-0.1, -0.05) is 12.1 Å². The lowest BCUT2D eigenvalue weighted by atomic mass is 10.3. The molecule has 8 nitrogen and oxygen atoms in total. The summed E-state index contributed by atoms with van der Waals surface area (Å²) < 4.78 is 7.27. The molecule has 3 rings (SSSR count). The number of anilines is 1. The van der Waals surface area contributed by atoms with Crippen LogP contribution in [0.5, 0.6) is 0 Å². The van der Waals surface area contributed by atoms with E-state index in [0.29, 0.717) is 11.7 Å². The van der Waals surface area contributed by atoms with Gasteiger partial charge in [0.2, 0.25) is 11.8 Å². The summed E-state index contributed by atoms with van der Waals surface area (Å²) in [6.07, 6.45) is 3.68. The monoisotopic (exact) mass is 318 g/mol. The highest BCUT2D eigenvalue weighted by molar-refractivity contribution is 5.87. The fourth-order valence-corrected chi connectivity index (χ4v) is 2.86. The first-order chi connectivity index (χ1) is 11.1. The summed E-state index contributed by atoms with van der Waals surface area (Å²) in [6.45, 7) is 7.39. The van der Waals surface area contributed by atoms with Crippen LogP contribution in [0.3, 0.4) is 0 Å². The number of amides is 1. The van der Waals surface area contributed by atoms with Crippen molar-refractivity contribution in [1.82, 2.24) is 24.8 Å². The van der Waals surface area contributed by atoms with Crippen molar-refractivity contribution in [3.63, 3.8) is 0 Å². The van der Waals surface area contributed by atoms with E-state index in [4.69, 9.17) is 4.52 Å². The Kier molecular flexibility index (Phi) is 4.42. The van der Waals surface area contributed by atoms with Gasteiger partial charge in [0.1, 0.15) is 0 Å². The molecule has 1 saturated heterocycles. The zero-order chi connectivity index (χ0) is 16.4. The van der Waals surface area contributed by atoms with Gasteiger partial charge in [-0.25, -0.2) is 0 Å². The maximum atomic E-state index is 11.1. The lowest BCUT2D eigenvalue weighted by molar-refractivity contribution is -0.114. The summed E-state index contributed by atoms with van der Waals surface area (Å²) in [5.41, 5.74) is 0. The van der Waals surface area contributed by atoms with Crippen LogP contribution in [-0.2, 0) is 11.2 Å². The smallest absolute Gasteiger partial charge is 0.243 e. The van der Waals surface area contributed by atoms with E-state index >= 15 is 0 Å². The molecule has 2 atom stereocenters. The molecule has 124 valence electrons. The van der Waals surface area contributed by atoms with Crippen LogP contribution in [0.25, 0.3) is 0 Å². The zero-order valence-corrected chi connectivity index (χ0v) is 13.7. The molecule has 23 heavy (non-hydrogen) atoms. The van der Waals surface area contributed by atoms with Gasteiger partial charge >= 0.3 is 0 Å². The summed E-state index contributed by atoms with van der Waals surface area (Å²) in [4.78, 5) is 17.8. The quantitative estimate of drug-likeness (QED) is 0.904. The van der Waals surface area contributed by atoms with Crippen LogP contribution in [-0.4, -0.2) is 43.8 Å². The molecule has 8 heteroatoms. The molecule has 2 aromatic rings. The number of likely N-dealkylation sites (tertiary alicyclic amines) is 1. The molecular weight excluding hydrogens is 296 g/mol. The first-order valence-corrected chi connectivity index (χ1v) is 7.96. The number of nitrogens with zero attached hydrogens (tertiary/aromatic N) is 5.